The summed E-state index contributed by atoms with van der Waals surface area (Å²) in [6.07, 6.45) is 3.64. The third-order valence-electron chi connectivity index (χ3n) is 3.70. The van der Waals surface area contributed by atoms with Crippen molar-refractivity contribution in [1.29, 1.82) is 0 Å². The fourth-order valence-corrected chi connectivity index (χ4v) is 2.62. The largest absolute Gasteiger partial charge is 0.370 e. The number of rotatable bonds is 4. The van der Waals surface area contributed by atoms with Crippen molar-refractivity contribution >= 4 is 17.4 Å². The normalized spacial score (nSPS) is 13.1. The molecular weight excluding hydrogens is 262 g/mol. The van der Waals surface area contributed by atoms with Gasteiger partial charge < -0.3 is 10.2 Å². The number of aromatic nitrogens is 1. The van der Waals surface area contributed by atoms with E-state index in [4.69, 9.17) is 0 Å². The van der Waals surface area contributed by atoms with Crippen LogP contribution in [0.15, 0.2) is 42.6 Å². The Labute approximate surface area is 124 Å². The van der Waals surface area contributed by atoms with Gasteiger partial charge in [0.05, 0.1) is 0 Å². The van der Waals surface area contributed by atoms with Crippen molar-refractivity contribution in [3.8, 4) is 0 Å². The number of carbonyl (C=O) groups is 1. The number of nitrogens with zero attached hydrogens (tertiary/aromatic N) is 2. The lowest BCUT2D eigenvalue weighted by Gasteiger charge is -2.17. The van der Waals surface area contributed by atoms with Crippen molar-refractivity contribution < 1.29 is 4.79 Å². The molecule has 0 fully saturated rings. The summed E-state index contributed by atoms with van der Waals surface area (Å²) < 4.78 is 0. The molecule has 0 saturated carbocycles. The van der Waals surface area contributed by atoms with E-state index >= 15 is 0 Å². The summed E-state index contributed by atoms with van der Waals surface area (Å²) in [6, 6.07) is 11.7. The van der Waals surface area contributed by atoms with Crippen molar-refractivity contribution in [2.45, 2.75) is 19.8 Å². The highest BCUT2D eigenvalue weighted by atomic mass is 16.2. The van der Waals surface area contributed by atoms with Gasteiger partial charge in [0.15, 0.2) is 0 Å². The number of hydrogen-bond acceptors (Lipinski definition) is 3. The van der Waals surface area contributed by atoms with Gasteiger partial charge in [0.25, 0.3) is 5.91 Å². The first kappa shape index (κ1) is 13.6. The zero-order valence-electron chi connectivity index (χ0n) is 12.2. The van der Waals surface area contributed by atoms with Crippen LogP contribution in [0.1, 0.15) is 29.3 Å². The molecule has 1 aliphatic rings. The topological polar surface area (TPSA) is 45.2 Å². The first-order valence-electron chi connectivity index (χ1n) is 7.39. The molecule has 1 aromatic carbocycles. The van der Waals surface area contributed by atoms with Gasteiger partial charge in [-0.1, -0.05) is 25.1 Å². The lowest BCUT2D eigenvalue weighted by atomic mass is 10.2. The third kappa shape index (κ3) is 2.75. The van der Waals surface area contributed by atoms with E-state index in [2.05, 4.69) is 23.3 Å². The molecule has 1 N–H and O–H groups in total. The van der Waals surface area contributed by atoms with Gasteiger partial charge in [-0.2, -0.15) is 0 Å². The zero-order valence-corrected chi connectivity index (χ0v) is 12.2. The predicted octanol–water partition coefficient (Wildman–Crippen LogP) is 3.11. The summed E-state index contributed by atoms with van der Waals surface area (Å²) in [6.45, 7) is 3.71. The maximum atomic E-state index is 12.7. The maximum Gasteiger partial charge on any atom is 0.258 e. The Bertz CT molecular complexity index is 654. The average Bonchev–Trinajstić information content (AvgIpc) is 2.96. The molecule has 0 spiro atoms. The summed E-state index contributed by atoms with van der Waals surface area (Å²) in [7, 11) is 0. The van der Waals surface area contributed by atoms with Crippen molar-refractivity contribution in [3.05, 3.63) is 53.7 Å². The summed E-state index contributed by atoms with van der Waals surface area (Å²) in [5.74, 6) is 0.803. The average molecular weight is 281 g/mol. The second-order valence-electron chi connectivity index (χ2n) is 5.19. The van der Waals surface area contributed by atoms with Crippen molar-refractivity contribution in [1.82, 2.24) is 4.98 Å². The molecule has 1 aromatic heterocycles. The number of carbonyl (C=O) groups excluding carboxylic acids is 1. The molecule has 1 aliphatic heterocycles. The van der Waals surface area contributed by atoms with Crippen LogP contribution < -0.4 is 10.2 Å². The monoisotopic (exact) mass is 281 g/mol. The maximum absolute atomic E-state index is 12.7. The first-order chi connectivity index (χ1) is 10.3. The molecule has 21 heavy (non-hydrogen) atoms. The highest BCUT2D eigenvalue weighted by molar-refractivity contribution is 6.07. The predicted molar refractivity (Wildman–Crippen MR) is 84.8 cm³/mol. The molecule has 0 aliphatic carbocycles. The Morgan fingerprint density at radius 2 is 2.19 bits per heavy atom. The number of benzene rings is 1. The van der Waals surface area contributed by atoms with Crippen molar-refractivity contribution in [2.75, 3.05) is 23.3 Å². The van der Waals surface area contributed by atoms with Crippen LogP contribution in [0.4, 0.5) is 11.5 Å². The lowest BCUT2D eigenvalue weighted by molar-refractivity contribution is 0.0989. The molecule has 1 amide bonds. The van der Waals surface area contributed by atoms with Gasteiger partial charge in [-0.25, -0.2) is 4.98 Å². The Kier molecular flexibility index (Phi) is 3.86. The molecule has 0 radical (unpaired) electrons. The third-order valence-corrected chi connectivity index (χ3v) is 3.70. The van der Waals surface area contributed by atoms with Gasteiger partial charge >= 0.3 is 0 Å². The van der Waals surface area contributed by atoms with Gasteiger partial charge in [0.1, 0.15) is 5.82 Å². The fourth-order valence-electron chi connectivity index (χ4n) is 2.62. The van der Waals surface area contributed by atoms with Gasteiger partial charge in [-0.05, 0) is 36.6 Å². The van der Waals surface area contributed by atoms with Crippen LogP contribution in [0.25, 0.3) is 0 Å². The van der Waals surface area contributed by atoms with E-state index < -0.39 is 0 Å². The van der Waals surface area contributed by atoms with Gasteiger partial charge in [-0.15, -0.1) is 0 Å². The number of anilines is 2. The molecule has 0 bridgehead atoms. The van der Waals surface area contributed by atoms with Gasteiger partial charge in [0, 0.05) is 30.5 Å². The van der Waals surface area contributed by atoms with E-state index in [1.165, 1.54) is 5.56 Å². The Morgan fingerprint density at radius 3 is 3.05 bits per heavy atom. The number of hydrogen-bond donors (Lipinski definition) is 1. The second kappa shape index (κ2) is 5.95. The van der Waals surface area contributed by atoms with Crippen LogP contribution in [0, 0.1) is 0 Å². The molecule has 0 unspecified atom stereocenters. The molecule has 4 nitrogen and oxygen atoms in total. The van der Waals surface area contributed by atoms with Gasteiger partial charge in [-0.3, -0.25) is 4.79 Å². The van der Waals surface area contributed by atoms with Crippen LogP contribution in [-0.4, -0.2) is 24.0 Å². The highest BCUT2D eigenvalue weighted by Crippen LogP contribution is 2.28. The Morgan fingerprint density at radius 1 is 1.33 bits per heavy atom. The standard InChI is InChI=1S/C17H19N3O/c1-2-9-18-16-12-14(7-10-19-16)17(21)20-11-8-13-5-3-4-6-15(13)20/h3-7,10,12H,2,8-9,11H2,1H3,(H,18,19). The minimum atomic E-state index is 0.0434. The SMILES string of the molecule is CCCNc1cc(C(=O)N2CCc3ccccc32)ccn1. The summed E-state index contributed by atoms with van der Waals surface area (Å²) in [4.78, 5) is 18.8. The molecule has 2 heterocycles. The van der Waals surface area contributed by atoms with E-state index in [0.717, 1.165) is 37.4 Å². The van der Waals surface area contributed by atoms with Crippen LogP contribution in [0.2, 0.25) is 0 Å². The van der Waals surface area contributed by atoms with Crippen LogP contribution in [0.5, 0.6) is 0 Å². The molecule has 0 saturated heterocycles. The minimum Gasteiger partial charge on any atom is -0.370 e. The lowest BCUT2D eigenvalue weighted by Crippen LogP contribution is -2.29. The van der Waals surface area contributed by atoms with Gasteiger partial charge in [0.2, 0.25) is 0 Å². The number of para-hydroxylation sites is 1. The van der Waals surface area contributed by atoms with Crippen molar-refractivity contribution in [2.24, 2.45) is 0 Å². The van der Waals surface area contributed by atoms with E-state index in [1.54, 1.807) is 12.3 Å². The molecule has 0 atom stereocenters. The highest BCUT2D eigenvalue weighted by Gasteiger charge is 2.25. The quantitative estimate of drug-likeness (QED) is 0.936. The Balaban J connectivity index is 1.83. The summed E-state index contributed by atoms with van der Waals surface area (Å²) in [5, 5.41) is 3.22. The first-order valence-corrected chi connectivity index (χ1v) is 7.39. The summed E-state index contributed by atoms with van der Waals surface area (Å²) in [5.41, 5.74) is 2.95. The van der Waals surface area contributed by atoms with E-state index in [0.29, 0.717) is 5.56 Å². The molecule has 108 valence electrons. The molecule has 2 aromatic rings. The van der Waals surface area contributed by atoms with Crippen LogP contribution in [-0.2, 0) is 6.42 Å². The number of pyridine rings is 1. The van der Waals surface area contributed by atoms with E-state index in [9.17, 15) is 4.79 Å². The van der Waals surface area contributed by atoms with Crippen molar-refractivity contribution in [3.63, 3.8) is 0 Å². The molecule has 4 heteroatoms. The smallest absolute Gasteiger partial charge is 0.258 e. The minimum absolute atomic E-state index is 0.0434. The number of amides is 1. The Hall–Kier alpha value is -2.36. The number of nitrogens with one attached hydrogen (secondary N) is 1. The van der Waals surface area contributed by atoms with E-state index in [1.807, 2.05) is 29.2 Å². The molecule has 3 rings (SSSR count). The summed E-state index contributed by atoms with van der Waals surface area (Å²) >= 11 is 0. The van der Waals surface area contributed by atoms with Crippen LogP contribution in [0.3, 0.4) is 0 Å². The zero-order chi connectivity index (χ0) is 14.7. The van der Waals surface area contributed by atoms with Crippen LogP contribution >= 0.6 is 0 Å². The van der Waals surface area contributed by atoms with E-state index in [-0.39, 0.29) is 5.91 Å². The second-order valence-corrected chi connectivity index (χ2v) is 5.19. The number of fused-ring (bicyclic) bond motifs is 1. The molecular formula is C17H19N3O. The fraction of sp³-hybridized carbons (Fsp3) is 0.294.